The molecule has 2 aromatic rings. The standard InChI is InChI=1S/C15H13N3S/c16-10-13-6-7-14(19-13)15(18-9-8-17-11-18)12-4-2-1-3-5-12/h6-9,11-12,15H,1-2,4H2. The van der Waals surface area contributed by atoms with Crippen LogP contribution in [0, 0.1) is 29.1 Å². The molecule has 19 heavy (non-hydrogen) atoms. The smallest absolute Gasteiger partial charge is 0.110 e. The van der Waals surface area contributed by atoms with Crippen LogP contribution in [0.25, 0.3) is 0 Å². The van der Waals surface area contributed by atoms with Gasteiger partial charge in [-0.15, -0.1) is 17.3 Å². The number of nitrogens with zero attached hydrogens (tertiary/aromatic N) is 3. The van der Waals surface area contributed by atoms with E-state index in [9.17, 15) is 0 Å². The molecule has 0 amide bonds. The molecule has 0 bridgehead atoms. The molecule has 0 saturated carbocycles. The van der Waals surface area contributed by atoms with Crippen LogP contribution in [0.2, 0.25) is 0 Å². The van der Waals surface area contributed by atoms with Gasteiger partial charge in [-0.25, -0.2) is 4.98 Å². The van der Waals surface area contributed by atoms with E-state index in [1.807, 2.05) is 24.7 Å². The Labute approximate surface area is 116 Å². The molecule has 0 spiro atoms. The molecular formula is C15H13N3S. The molecule has 1 aliphatic rings. The molecular weight excluding hydrogens is 254 g/mol. The summed E-state index contributed by atoms with van der Waals surface area (Å²) in [5.74, 6) is 6.90. The van der Waals surface area contributed by atoms with Crippen molar-refractivity contribution in [2.24, 2.45) is 5.92 Å². The van der Waals surface area contributed by atoms with Gasteiger partial charge in [0.15, 0.2) is 0 Å². The first-order chi connectivity index (χ1) is 9.38. The van der Waals surface area contributed by atoms with Crippen LogP contribution in [0.5, 0.6) is 0 Å². The largest absolute Gasteiger partial charge is 0.328 e. The second-order valence-corrected chi connectivity index (χ2v) is 5.70. The minimum absolute atomic E-state index is 0.183. The molecule has 3 nitrogen and oxygen atoms in total. The maximum Gasteiger partial charge on any atom is 0.110 e. The molecule has 2 atom stereocenters. The van der Waals surface area contributed by atoms with Gasteiger partial charge in [-0.1, -0.05) is 5.92 Å². The number of hydrogen-bond donors (Lipinski definition) is 0. The first-order valence-electron chi connectivity index (χ1n) is 6.34. The first kappa shape index (κ1) is 12.0. The van der Waals surface area contributed by atoms with Crippen molar-refractivity contribution < 1.29 is 0 Å². The zero-order valence-electron chi connectivity index (χ0n) is 10.4. The molecule has 0 aromatic carbocycles. The molecule has 94 valence electrons. The fourth-order valence-electron chi connectivity index (χ4n) is 2.48. The van der Waals surface area contributed by atoms with E-state index >= 15 is 0 Å². The fraction of sp³-hybridized carbons (Fsp3) is 0.333. The Balaban J connectivity index is 2.00. The van der Waals surface area contributed by atoms with Crippen molar-refractivity contribution in [3.8, 4) is 17.9 Å². The molecule has 2 unspecified atom stereocenters. The third-order valence-corrected chi connectivity index (χ3v) is 4.42. The minimum atomic E-state index is 0.183. The van der Waals surface area contributed by atoms with Crippen LogP contribution in [0.15, 0.2) is 30.9 Å². The summed E-state index contributed by atoms with van der Waals surface area (Å²) >= 11 is 1.56. The molecule has 1 aliphatic carbocycles. The summed E-state index contributed by atoms with van der Waals surface area (Å²) in [6.07, 6.45) is 8.87. The highest BCUT2D eigenvalue weighted by molar-refractivity contribution is 7.12. The van der Waals surface area contributed by atoms with Crippen LogP contribution in [0.1, 0.15) is 35.1 Å². The minimum Gasteiger partial charge on any atom is -0.328 e. The van der Waals surface area contributed by atoms with E-state index in [1.54, 1.807) is 17.5 Å². The normalized spacial score (nSPS) is 19.2. The van der Waals surface area contributed by atoms with Crippen molar-refractivity contribution in [2.75, 3.05) is 0 Å². The van der Waals surface area contributed by atoms with Crippen molar-refractivity contribution in [2.45, 2.75) is 25.3 Å². The third kappa shape index (κ3) is 2.41. The van der Waals surface area contributed by atoms with Gasteiger partial charge in [0.1, 0.15) is 10.9 Å². The van der Waals surface area contributed by atoms with Gasteiger partial charge in [0.25, 0.3) is 0 Å². The monoisotopic (exact) mass is 267 g/mol. The van der Waals surface area contributed by atoms with Crippen molar-refractivity contribution in [3.63, 3.8) is 0 Å². The molecule has 0 radical (unpaired) electrons. The van der Waals surface area contributed by atoms with E-state index in [-0.39, 0.29) is 6.04 Å². The van der Waals surface area contributed by atoms with Gasteiger partial charge in [-0.2, -0.15) is 5.26 Å². The molecule has 0 aliphatic heterocycles. The van der Waals surface area contributed by atoms with Crippen LogP contribution in [0.4, 0.5) is 0 Å². The van der Waals surface area contributed by atoms with Gasteiger partial charge in [0, 0.05) is 29.6 Å². The quantitative estimate of drug-likeness (QED) is 0.801. The zero-order chi connectivity index (χ0) is 13.1. The summed E-state index contributed by atoms with van der Waals surface area (Å²) in [6.45, 7) is 0. The Hall–Kier alpha value is -2.04. The summed E-state index contributed by atoms with van der Waals surface area (Å²) in [5, 5.41) is 8.99. The highest BCUT2D eigenvalue weighted by atomic mass is 32.1. The first-order valence-corrected chi connectivity index (χ1v) is 7.16. The third-order valence-electron chi connectivity index (χ3n) is 3.36. The number of rotatable bonds is 3. The van der Waals surface area contributed by atoms with E-state index in [1.165, 1.54) is 4.88 Å². The lowest BCUT2D eigenvalue weighted by Gasteiger charge is -2.25. The molecule has 4 heteroatoms. The van der Waals surface area contributed by atoms with Crippen molar-refractivity contribution in [3.05, 3.63) is 40.6 Å². The van der Waals surface area contributed by atoms with E-state index in [0.29, 0.717) is 5.92 Å². The van der Waals surface area contributed by atoms with E-state index < -0.39 is 0 Å². The second kappa shape index (κ2) is 5.30. The number of hydrogen-bond acceptors (Lipinski definition) is 3. The Morgan fingerprint density at radius 2 is 2.47 bits per heavy atom. The second-order valence-electron chi connectivity index (χ2n) is 4.59. The molecule has 0 saturated heterocycles. The van der Waals surface area contributed by atoms with E-state index in [2.05, 4.69) is 27.5 Å². The Bertz CT molecular complexity index is 652. The van der Waals surface area contributed by atoms with E-state index in [0.717, 1.165) is 24.1 Å². The number of aromatic nitrogens is 2. The molecule has 0 fully saturated rings. The van der Waals surface area contributed by atoms with Crippen LogP contribution < -0.4 is 0 Å². The average Bonchev–Trinajstić information content (AvgIpc) is 3.12. The Morgan fingerprint density at radius 3 is 3.11 bits per heavy atom. The lowest BCUT2D eigenvalue weighted by molar-refractivity contribution is 0.423. The van der Waals surface area contributed by atoms with Crippen LogP contribution in [0.3, 0.4) is 0 Å². The summed E-state index contributed by atoms with van der Waals surface area (Å²) in [5.41, 5.74) is 0. The summed E-state index contributed by atoms with van der Waals surface area (Å²) in [6, 6.07) is 6.33. The van der Waals surface area contributed by atoms with Crippen LogP contribution in [-0.2, 0) is 0 Å². The van der Waals surface area contributed by atoms with Crippen molar-refractivity contribution in [1.82, 2.24) is 9.55 Å². The summed E-state index contributed by atoms with van der Waals surface area (Å²) in [7, 11) is 0. The predicted molar refractivity (Wildman–Crippen MR) is 74.5 cm³/mol. The highest BCUT2D eigenvalue weighted by Crippen LogP contribution is 2.35. The molecule has 3 rings (SSSR count). The van der Waals surface area contributed by atoms with Crippen LogP contribution in [-0.4, -0.2) is 9.55 Å². The van der Waals surface area contributed by atoms with E-state index in [4.69, 9.17) is 5.26 Å². The van der Waals surface area contributed by atoms with Crippen molar-refractivity contribution >= 4 is 11.3 Å². The highest BCUT2D eigenvalue weighted by Gasteiger charge is 2.25. The topological polar surface area (TPSA) is 41.6 Å². The van der Waals surface area contributed by atoms with Gasteiger partial charge in [-0.3, -0.25) is 0 Å². The SMILES string of the molecule is N#Cc1ccc(C(C2C#CCCC2)n2ccnc2)s1. The predicted octanol–water partition coefficient (Wildman–Crippen LogP) is 3.21. The number of thiophene rings is 1. The maximum absolute atomic E-state index is 8.99. The molecule has 0 N–H and O–H groups in total. The Morgan fingerprint density at radius 1 is 1.53 bits per heavy atom. The van der Waals surface area contributed by atoms with Gasteiger partial charge < -0.3 is 4.57 Å². The maximum atomic E-state index is 8.99. The average molecular weight is 267 g/mol. The number of imidazole rings is 1. The Kier molecular flexibility index (Phi) is 3.35. The van der Waals surface area contributed by atoms with Gasteiger partial charge in [0.05, 0.1) is 12.4 Å². The van der Waals surface area contributed by atoms with Crippen LogP contribution >= 0.6 is 11.3 Å². The molecule has 2 heterocycles. The lowest BCUT2D eigenvalue weighted by atomic mass is 9.90. The summed E-state index contributed by atoms with van der Waals surface area (Å²) in [4.78, 5) is 6.09. The summed E-state index contributed by atoms with van der Waals surface area (Å²) < 4.78 is 2.11. The fourth-order valence-corrected chi connectivity index (χ4v) is 3.46. The lowest BCUT2D eigenvalue weighted by Crippen LogP contribution is -2.19. The van der Waals surface area contributed by atoms with Gasteiger partial charge in [-0.05, 0) is 25.0 Å². The van der Waals surface area contributed by atoms with Crippen molar-refractivity contribution in [1.29, 1.82) is 5.26 Å². The molecule has 2 aromatic heterocycles. The zero-order valence-corrected chi connectivity index (χ0v) is 11.2. The number of nitriles is 1. The van der Waals surface area contributed by atoms with Gasteiger partial charge in [0.2, 0.25) is 0 Å². The van der Waals surface area contributed by atoms with Gasteiger partial charge >= 0.3 is 0 Å².